The van der Waals surface area contributed by atoms with Crippen molar-refractivity contribution in [2.24, 2.45) is 0 Å². The molecule has 0 aliphatic carbocycles. The lowest BCUT2D eigenvalue weighted by Gasteiger charge is -2.06. The van der Waals surface area contributed by atoms with E-state index in [2.05, 4.69) is 44.2 Å². The first-order chi connectivity index (χ1) is 15.5. The molecule has 158 valence electrons. The van der Waals surface area contributed by atoms with Crippen LogP contribution < -0.4 is 0 Å². The lowest BCUT2D eigenvalue weighted by atomic mass is 10.1. The molecule has 0 saturated carbocycles. The summed E-state index contributed by atoms with van der Waals surface area (Å²) in [5.74, 6) is 0. The van der Waals surface area contributed by atoms with Crippen molar-refractivity contribution in [3.8, 4) is 38.9 Å². The topological polar surface area (TPSA) is 30.7 Å². The molecule has 2 heterocycles. The van der Waals surface area contributed by atoms with Crippen molar-refractivity contribution in [2.45, 2.75) is 13.8 Å². The first-order valence-corrected chi connectivity index (χ1v) is 11.8. The molecule has 3 aromatic carbocycles. The maximum atomic E-state index is 6.97. The number of hydrogen-bond acceptors (Lipinski definition) is 3. The lowest BCUT2D eigenvalue weighted by molar-refractivity contribution is 0.881. The Labute approximate surface area is 200 Å². The zero-order valence-electron chi connectivity index (χ0n) is 17.5. The molecule has 5 aromatic rings. The van der Waals surface area contributed by atoms with Gasteiger partial charge in [0.2, 0.25) is 5.13 Å². The van der Waals surface area contributed by atoms with E-state index in [1.807, 2.05) is 52.5 Å². The molecule has 0 aliphatic rings. The third kappa shape index (κ3) is 3.97. The summed E-state index contributed by atoms with van der Waals surface area (Å²) in [4.78, 5) is 4.87. The Hall–Kier alpha value is -2.92. The van der Waals surface area contributed by atoms with Gasteiger partial charge in [-0.1, -0.05) is 82.9 Å². The van der Waals surface area contributed by atoms with E-state index in [0.29, 0.717) is 10.0 Å². The molecule has 0 fully saturated rings. The SMILES string of the molecule is Cc1cccc(-c2nn(-c3nc(-c4ccc(Cl)cc4)cs3)c(-c3cccc(C)c3)c2Cl)c1. The highest BCUT2D eigenvalue weighted by Crippen LogP contribution is 2.39. The summed E-state index contributed by atoms with van der Waals surface area (Å²) in [5, 5.41) is 9.03. The van der Waals surface area contributed by atoms with Crippen LogP contribution in [-0.4, -0.2) is 14.8 Å². The monoisotopic (exact) mass is 475 g/mol. The van der Waals surface area contributed by atoms with Crippen LogP contribution in [0.3, 0.4) is 0 Å². The Morgan fingerprint density at radius 2 is 1.44 bits per heavy atom. The van der Waals surface area contributed by atoms with E-state index in [4.69, 9.17) is 33.3 Å². The molecule has 0 saturated heterocycles. The van der Waals surface area contributed by atoms with Gasteiger partial charge >= 0.3 is 0 Å². The Bertz CT molecular complexity index is 1420. The molecule has 0 atom stereocenters. The molecule has 0 amide bonds. The molecule has 5 rings (SSSR count). The van der Waals surface area contributed by atoms with Gasteiger partial charge in [-0.15, -0.1) is 11.3 Å². The summed E-state index contributed by atoms with van der Waals surface area (Å²) in [6.45, 7) is 4.14. The largest absolute Gasteiger partial charge is 0.218 e. The van der Waals surface area contributed by atoms with Crippen LogP contribution in [0.4, 0.5) is 0 Å². The van der Waals surface area contributed by atoms with Gasteiger partial charge in [0.1, 0.15) is 5.69 Å². The summed E-state index contributed by atoms with van der Waals surface area (Å²) in [6, 6.07) is 24.2. The zero-order chi connectivity index (χ0) is 22.2. The van der Waals surface area contributed by atoms with Crippen molar-refractivity contribution >= 4 is 34.5 Å². The number of rotatable bonds is 4. The van der Waals surface area contributed by atoms with Crippen molar-refractivity contribution in [2.75, 3.05) is 0 Å². The first-order valence-electron chi connectivity index (χ1n) is 10.1. The number of hydrogen-bond donors (Lipinski definition) is 0. The minimum Gasteiger partial charge on any atom is -0.218 e. The molecular weight excluding hydrogens is 457 g/mol. The summed E-state index contributed by atoms with van der Waals surface area (Å²) in [5.41, 5.74) is 7.77. The second-order valence-electron chi connectivity index (χ2n) is 7.68. The second-order valence-corrected chi connectivity index (χ2v) is 9.34. The second kappa shape index (κ2) is 8.55. The average Bonchev–Trinajstić information content (AvgIpc) is 3.39. The summed E-state index contributed by atoms with van der Waals surface area (Å²) < 4.78 is 1.86. The van der Waals surface area contributed by atoms with Crippen molar-refractivity contribution in [3.05, 3.63) is 99.3 Å². The van der Waals surface area contributed by atoms with Crippen LogP contribution in [0.15, 0.2) is 78.2 Å². The highest BCUT2D eigenvalue weighted by Gasteiger charge is 2.22. The Kier molecular flexibility index (Phi) is 5.60. The van der Waals surface area contributed by atoms with Gasteiger partial charge in [0.05, 0.1) is 16.4 Å². The first kappa shape index (κ1) is 21.0. The molecule has 32 heavy (non-hydrogen) atoms. The van der Waals surface area contributed by atoms with Crippen LogP contribution in [0.1, 0.15) is 11.1 Å². The van der Waals surface area contributed by atoms with Crippen LogP contribution in [0.5, 0.6) is 0 Å². The maximum Gasteiger partial charge on any atom is 0.211 e. The van der Waals surface area contributed by atoms with E-state index >= 15 is 0 Å². The standard InChI is InChI=1S/C26H19Cl2N3S/c1-16-5-3-7-19(13-16)24-23(28)25(20-8-4-6-17(2)14-20)31(30-24)26-29-22(15-32-26)18-9-11-21(27)12-10-18/h3-15H,1-2H3. The number of aromatic nitrogens is 3. The predicted molar refractivity (Wildman–Crippen MR) is 135 cm³/mol. The van der Waals surface area contributed by atoms with Crippen LogP contribution >= 0.6 is 34.5 Å². The van der Waals surface area contributed by atoms with Crippen molar-refractivity contribution < 1.29 is 0 Å². The molecule has 0 unspecified atom stereocenters. The molecule has 0 radical (unpaired) electrons. The van der Waals surface area contributed by atoms with Gasteiger partial charge in [-0.3, -0.25) is 0 Å². The minimum absolute atomic E-state index is 0.615. The Morgan fingerprint density at radius 3 is 2.12 bits per heavy atom. The van der Waals surface area contributed by atoms with E-state index in [0.717, 1.165) is 50.0 Å². The average molecular weight is 476 g/mol. The van der Waals surface area contributed by atoms with E-state index in [1.54, 1.807) is 0 Å². The molecule has 0 spiro atoms. The number of aryl methyl sites for hydroxylation is 2. The highest BCUT2D eigenvalue weighted by atomic mass is 35.5. The summed E-state index contributed by atoms with van der Waals surface area (Å²) in [7, 11) is 0. The Balaban J connectivity index is 1.69. The number of benzene rings is 3. The van der Waals surface area contributed by atoms with Gasteiger partial charge in [0.15, 0.2) is 0 Å². The highest BCUT2D eigenvalue weighted by molar-refractivity contribution is 7.12. The number of nitrogens with zero attached hydrogens (tertiary/aromatic N) is 3. The Morgan fingerprint density at radius 1 is 0.781 bits per heavy atom. The van der Waals surface area contributed by atoms with Crippen LogP contribution in [0.25, 0.3) is 38.9 Å². The predicted octanol–water partition coefficient (Wildman–Crippen LogP) is 8.25. The number of halogens is 2. The molecule has 6 heteroatoms. The normalized spacial score (nSPS) is 11.1. The third-order valence-electron chi connectivity index (χ3n) is 5.22. The van der Waals surface area contributed by atoms with Crippen LogP contribution in [0, 0.1) is 13.8 Å². The van der Waals surface area contributed by atoms with Crippen molar-refractivity contribution in [3.63, 3.8) is 0 Å². The fraction of sp³-hybridized carbons (Fsp3) is 0.0769. The third-order valence-corrected chi connectivity index (χ3v) is 6.65. The van der Waals surface area contributed by atoms with Gasteiger partial charge in [-0.25, -0.2) is 9.67 Å². The molecule has 2 aromatic heterocycles. The van der Waals surface area contributed by atoms with E-state index < -0.39 is 0 Å². The van der Waals surface area contributed by atoms with E-state index in [9.17, 15) is 0 Å². The van der Waals surface area contributed by atoms with Gasteiger partial charge < -0.3 is 0 Å². The molecule has 0 aliphatic heterocycles. The molecule has 0 N–H and O–H groups in total. The van der Waals surface area contributed by atoms with Crippen LogP contribution in [-0.2, 0) is 0 Å². The van der Waals surface area contributed by atoms with Gasteiger partial charge in [-0.2, -0.15) is 5.10 Å². The van der Waals surface area contributed by atoms with E-state index in [1.165, 1.54) is 11.3 Å². The quantitative estimate of drug-likeness (QED) is 0.261. The zero-order valence-corrected chi connectivity index (χ0v) is 19.8. The fourth-order valence-corrected chi connectivity index (χ4v) is 4.92. The van der Waals surface area contributed by atoms with Gasteiger partial charge in [-0.05, 0) is 38.1 Å². The van der Waals surface area contributed by atoms with E-state index in [-0.39, 0.29) is 0 Å². The fourth-order valence-electron chi connectivity index (χ4n) is 3.67. The molecular formula is C26H19Cl2N3S. The molecule has 3 nitrogen and oxygen atoms in total. The van der Waals surface area contributed by atoms with Crippen molar-refractivity contribution in [1.82, 2.24) is 14.8 Å². The minimum atomic E-state index is 0.615. The number of thiazole rings is 1. The smallest absolute Gasteiger partial charge is 0.211 e. The summed E-state index contributed by atoms with van der Waals surface area (Å²) >= 11 is 14.6. The lowest BCUT2D eigenvalue weighted by Crippen LogP contribution is -1.99. The van der Waals surface area contributed by atoms with Gasteiger partial charge in [0.25, 0.3) is 0 Å². The van der Waals surface area contributed by atoms with Gasteiger partial charge in [0, 0.05) is 27.1 Å². The maximum absolute atomic E-state index is 6.97. The molecule has 0 bridgehead atoms. The van der Waals surface area contributed by atoms with Crippen molar-refractivity contribution in [1.29, 1.82) is 0 Å². The summed E-state index contributed by atoms with van der Waals surface area (Å²) in [6.07, 6.45) is 0. The van der Waals surface area contributed by atoms with Crippen LogP contribution in [0.2, 0.25) is 10.0 Å².